The Bertz CT molecular complexity index is 2190. The molecule has 0 spiro atoms. The average Bonchev–Trinajstić information content (AvgIpc) is 3.70. The minimum Gasteiger partial charge on any atom is -0.336 e. The van der Waals surface area contributed by atoms with Crippen LogP contribution in [0.5, 0.6) is 0 Å². The molecular weight excluding hydrogens is 601 g/mol. The van der Waals surface area contributed by atoms with E-state index in [9.17, 15) is 4.79 Å². The van der Waals surface area contributed by atoms with Crippen LogP contribution >= 0.6 is 0 Å². The number of carbonyl (C=O) groups is 1. The van der Waals surface area contributed by atoms with E-state index in [0.717, 1.165) is 58.3 Å². The number of amides is 1. The van der Waals surface area contributed by atoms with Crippen molar-refractivity contribution in [2.75, 3.05) is 6.54 Å². The molecule has 240 valence electrons. The van der Waals surface area contributed by atoms with Crippen molar-refractivity contribution < 1.29 is 4.79 Å². The van der Waals surface area contributed by atoms with Gasteiger partial charge in [0.05, 0.1) is 35.7 Å². The van der Waals surface area contributed by atoms with Gasteiger partial charge in [0.25, 0.3) is 5.91 Å². The Morgan fingerprint density at radius 1 is 0.714 bits per heavy atom. The molecule has 5 heteroatoms. The molecule has 49 heavy (non-hydrogen) atoms. The zero-order chi connectivity index (χ0) is 33.0. The Kier molecular flexibility index (Phi) is 7.08. The van der Waals surface area contributed by atoms with Crippen LogP contribution in [-0.2, 0) is 24.9 Å². The number of benzene rings is 5. The molecule has 7 aromatic rings. The van der Waals surface area contributed by atoms with E-state index in [-0.39, 0.29) is 11.9 Å². The quantitative estimate of drug-likeness (QED) is 0.164. The van der Waals surface area contributed by atoms with Gasteiger partial charge in [-0.25, -0.2) is 4.98 Å². The highest BCUT2D eigenvalue weighted by Gasteiger charge is 2.41. The lowest BCUT2D eigenvalue weighted by atomic mass is 9.76. The first-order valence-corrected chi connectivity index (χ1v) is 17.3. The van der Waals surface area contributed by atoms with Gasteiger partial charge in [-0.1, -0.05) is 140 Å². The van der Waals surface area contributed by atoms with Crippen LogP contribution in [0.3, 0.4) is 0 Å². The maximum Gasteiger partial charge on any atom is 0.256 e. The largest absolute Gasteiger partial charge is 0.336 e. The Labute approximate surface area is 287 Å². The van der Waals surface area contributed by atoms with E-state index >= 15 is 0 Å². The van der Waals surface area contributed by atoms with Crippen LogP contribution < -0.4 is 0 Å². The lowest BCUT2D eigenvalue weighted by molar-refractivity contribution is 0.0724. The number of imidazole rings is 1. The molecule has 1 atom stereocenters. The number of para-hydroxylation sites is 1. The summed E-state index contributed by atoms with van der Waals surface area (Å²) in [5, 5.41) is 1.08. The highest BCUT2D eigenvalue weighted by atomic mass is 16.2. The molecule has 4 heterocycles. The molecule has 1 amide bonds. The summed E-state index contributed by atoms with van der Waals surface area (Å²) in [4.78, 5) is 21.7. The van der Waals surface area contributed by atoms with Crippen LogP contribution in [-0.4, -0.2) is 31.5 Å². The molecular formula is C44H38N4O. The van der Waals surface area contributed by atoms with E-state index in [4.69, 9.17) is 4.98 Å². The van der Waals surface area contributed by atoms with Crippen LogP contribution in [0.25, 0.3) is 10.9 Å². The van der Waals surface area contributed by atoms with Crippen molar-refractivity contribution in [2.24, 2.45) is 0 Å². The number of carbonyl (C=O) groups excluding carboxylic acids is 1. The fraction of sp³-hybridized carbons (Fsp3) is 0.182. The van der Waals surface area contributed by atoms with Gasteiger partial charge in [0.2, 0.25) is 0 Å². The average molecular weight is 639 g/mol. The van der Waals surface area contributed by atoms with Crippen molar-refractivity contribution in [3.63, 3.8) is 0 Å². The molecule has 1 unspecified atom stereocenters. The number of hydrogen-bond acceptors (Lipinski definition) is 2. The van der Waals surface area contributed by atoms with Gasteiger partial charge in [-0.15, -0.1) is 0 Å². The summed E-state index contributed by atoms with van der Waals surface area (Å²) < 4.78 is 4.81. The summed E-state index contributed by atoms with van der Waals surface area (Å²) >= 11 is 0. The molecule has 0 bridgehead atoms. The summed E-state index contributed by atoms with van der Waals surface area (Å²) in [5.41, 5.74) is 10.7. The molecule has 0 saturated heterocycles. The fourth-order valence-corrected chi connectivity index (χ4v) is 8.66. The maximum atomic E-state index is 14.6. The van der Waals surface area contributed by atoms with Crippen molar-refractivity contribution in [1.82, 2.24) is 19.0 Å². The second-order valence-corrected chi connectivity index (χ2v) is 13.4. The Balaban J connectivity index is 1.14. The normalized spacial score (nSPS) is 15.8. The molecule has 0 fully saturated rings. The van der Waals surface area contributed by atoms with E-state index in [2.05, 4.69) is 156 Å². The van der Waals surface area contributed by atoms with Crippen molar-refractivity contribution in [2.45, 2.75) is 44.3 Å². The molecule has 0 aliphatic carbocycles. The maximum absolute atomic E-state index is 14.6. The predicted octanol–water partition coefficient (Wildman–Crippen LogP) is 8.72. The molecule has 0 saturated carbocycles. The van der Waals surface area contributed by atoms with Gasteiger partial charge < -0.3 is 14.0 Å². The molecule has 9 rings (SSSR count). The van der Waals surface area contributed by atoms with Gasteiger partial charge in [0, 0.05) is 29.7 Å². The first-order chi connectivity index (χ1) is 24.2. The van der Waals surface area contributed by atoms with Crippen molar-refractivity contribution in [3.8, 4) is 0 Å². The zero-order valence-corrected chi connectivity index (χ0v) is 27.7. The van der Waals surface area contributed by atoms with E-state index in [1.54, 1.807) is 0 Å². The smallest absolute Gasteiger partial charge is 0.256 e. The highest BCUT2D eigenvalue weighted by molar-refractivity contribution is 6.10. The fourth-order valence-electron chi connectivity index (χ4n) is 8.66. The third-order valence-corrected chi connectivity index (χ3v) is 10.9. The third-order valence-electron chi connectivity index (χ3n) is 10.9. The number of nitrogens with zero attached hydrogens (tertiary/aromatic N) is 4. The van der Waals surface area contributed by atoms with Crippen LogP contribution in [0.2, 0.25) is 0 Å². The molecule has 5 aromatic carbocycles. The van der Waals surface area contributed by atoms with Crippen molar-refractivity contribution in [3.05, 3.63) is 196 Å². The van der Waals surface area contributed by atoms with Gasteiger partial charge in [-0.05, 0) is 47.6 Å². The number of fused-ring (bicyclic) bond motifs is 3. The molecule has 0 radical (unpaired) electrons. The second kappa shape index (κ2) is 11.8. The Morgan fingerprint density at radius 3 is 1.92 bits per heavy atom. The Hall–Kier alpha value is -5.68. The molecule has 2 aromatic heterocycles. The van der Waals surface area contributed by atoms with Crippen LogP contribution in [0, 0.1) is 6.92 Å². The lowest BCUT2D eigenvalue weighted by Crippen LogP contribution is -2.39. The topological polar surface area (TPSA) is 43.1 Å². The predicted molar refractivity (Wildman–Crippen MR) is 195 cm³/mol. The number of aryl methyl sites for hydroxylation is 1. The lowest BCUT2D eigenvalue weighted by Gasteiger charge is -2.38. The van der Waals surface area contributed by atoms with E-state index < -0.39 is 5.54 Å². The summed E-state index contributed by atoms with van der Waals surface area (Å²) in [6.07, 6.45) is 4.85. The SMILES string of the molecule is Cc1c(CN2CCc3c(c4cccc5c4n3C(c3ccccc3)CC5)C2=O)ncn1C(c1ccccc1)(c1ccccc1)c1ccccc1. The van der Waals surface area contributed by atoms with Crippen LogP contribution in [0.1, 0.15) is 67.7 Å². The van der Waals surface area contributed by atoms with Crippen LogP contribution in [0.4, 0.5) is 0 Å². The third kappa shape index (κ3) is 4.52. The van der Waals surface area contributed by atoms with E-state index in [1.165, 1.54) is 22.3 Å². The number of hydrogen-bond donors (Lipinski definition) is 0. The monoisotopic (exact) mass is 638 g/mol. The first-order valence-electron chi connectivity index (χ1n) is 17.3. The van der Waals surface area contributed by atoms with Gasteiger partial charge in [-0.3, -0.25) is 4.79 Å². The van der Waals surface area contributed by atoms with Crippen molar-refractivity contribution >= 4 is 16.8 Å². The first kappa shape index (κ1) is 29.5. The summed E-state index contributed by atoms with van der Waals surface area (Å²) in [7, 11) is 0. The highest BCUT2D eigenvalue weighted by Crippen LogP contribution is 2.44. The zero-order valence-electron chi connectivity index (χ0n) is 27.7. The molecule has 2 aliphatic rings. The van der Waals surface area contributed by atoms with Gasteiger partial charge in [-0.2, -0.15) is 0 Å². The molecule has 2 aliphatic heterocycles. The van der Waals surface area contributed by atoms with Gasteiger partial charge in [0.1, 0.15) is 5.54 Å². The van der Waals surface area contributed by atoms with Crippen molar-refractivity contribution in [1.29, 1.82) is 0 Å². The van der Waals surface area contributed by atoms with E-state index in [0.29, 0.717) is 13.1 Å². The van der Waals surface area contributed by atoms with E-state index in [1.807, 2.05) is 11.2 Å². The summed E-state index contributed by atoms with van der Waals surface area (Å²) in [6.45, 7) is 3.27. The second-order valence-electron chi connectivity index (χ2n) is 13.4. The standard InChI is InChI=1S/C44H38N4O/c1-31-38(45-30-47(31)44(34-18-8-3-9-19-34,35-20-10-4-11-21-35)36-22-12-5-13-23-36)29-46-28-27-40-41(43(46)49)37-24-14-17-33-25-26-39(48(40)42(33)37)32-15-6-2-7-16-32/h2-24,30,39H,25-29H2,1H3. The summed E-state index contributed by atoms with van der Waals surface area (Å²) in [5.74, 6) is 0.102. The van der Waals surface area contributed by atoms with Crippen LogP contribution in [0.15, 0.2) is 146 Å². The Morgan fingerprint density at radius 2 is 1.31 bits per heavy atom. The van der Waals surface area contributed by atoms with Gasteiger partial charge in [0.15, 0.2) is 0 Å². The van der Waals surface area contributed by atoms with Gasteiger partial charge >= 0.3 is 0 Å². The number of rotatable bonds is 7. The summed E-state index contributed by atoms with van der Waals surface area (Å²) in [6, 6.07) is 49.6. The molecule has 0 N–H and O–H groups in total. The minimum absolute atomic E-state index is 0.102. The molecule has 5 nitrogen and oxygen atoms in total. The number of aromatic nitrogens is 3. The minimum atomic E-state index is -0.649.